The number of aryl methyl sites for hydroxylation is 1. The maximum absolute atomic E-state index is 12.7. The lowest BCUT2D eigenvalue weighted by atomic mass is 10.1. The number of carbonyl (C=O) groups is 2. The number of amides is 2. The molecular weight excluding hydrogens is 352 g/mol. The van der Waals surface area contributed by atoms with Crippen molar-refractivity contribution in [2.45, 2.75) is 32.7 Å². The summed E-state index contributed by atoms with van der Waals surface area (Å²) >= 11 is 0. The maximum Gasteiger partial charge on any atom is 0.279 e. The summed E-state index contributed by atoms with van der Waals surface area (Å²) in [7, 11) is 2.06. The molecule has 3 rings (SSSR count). The Morgan fingerprint density at radius 1 is 1.21 bits per heavy atom. The summed E-state index contributed by atoms with van der Waals surface area (Å²) in [6.45, 7) is 6.72. The number of quaternary nitrogens is 1. The van der Waals surface area contributed by atoms with Gasteiger partial charge in [0.2, 0.25) is 0 Å². The van der Waals surface area contributed by atoms with Crippen molar-refractivity contribution in [1.29, 1.82) is 0 Å². The number of anilines is 1. The number of aromatic nitrogens is 1. The van der Waals surface area contributed by atoms with Gasteiger partial charge in [0, 0.05) is 50.4 Å². The van der Waals surface area contributed by atoms with E-state index in [0.29, 0.717) is 36.9 Å². The minimum atomic E-state index is -0.0106. The summed E-state index contributed by atoms with van der Waals surface area (Å²) in [6, 6.07) is 11.8. The molecule has 2 aromatic rings. The van der Waals surface area contributed by atoms with E-state index in [2.05, 4.69) is 35.3 Å². The van der Waals surface area contributed by atoms with Crippen molar-refractivity contribution >= 4 is 17.5 Å². The summed E-state index contributed by atoms with van der Waals surface area (Å²) in [6.07, 6.45) is 4.30. The molecule has 0 saturated carbocycles. The predicted molar refractivity (Wildman–Crippen MR) is 110 cm³/mol. The predicted octanol–water partition coefficient (Wildman–Crippen LogP) is 1.87. The van der Waals surface area contributed by atoms with Crippen molar-refractivity contribution < 1.29 is 14.5 Å². The van der Waals surface area contributed by atoms with Gasteiger partial charge in [-0.25, -0.2) is 0 Å². The molecule has 0 aliphatic carbocycles. The van der Waals surface area contributed by atoms with Crippen LogP contribution in [0.2, 0.25) is 0 Å². The third kappa shape index (κ3) is 4.44. The summed E-state index contributed by atoms with van der Waals surface area (Å²) < 4.78 is 2.15. The lowest BCUT2D eigenvalue weighted by Crippen LogP contribution is -3.11. The van der Waals surface area contributed by atoms with Gasteiger partial charge in [-0.3, -0.25) is 9.59 Å². The van der Waals surface area contributed by atoms with Crippen molar-refractivity contribution in [2.75, 3.05) is 31.5 Å². The molecule has 2 N–H and O–H groups in total. The number of nitrogens with one attached hydrogen (secondary N) is 2. The summed E-state index contributed by atoms with van der Waals surface area (Å²) in [5.41, 5.74) is 2.57. The van der Waals surface area contributed by atoms with E-state index in [0.717, 1.165) is 19.4 Å². The molecule has 1 aliphatic rings. The molecule has 6 nitrogen and oxygen atoms in total. The molecule has 1 aromatic carbocycles. The average molecular weight is 384 g/mol. The van der Waals surface area contributed by atoms with Crippen LogP contribution < -0.4 is 10.2 Å². The quantitative estimate of drug-likeness (QED) is 0.767. The molecule has 150 valence electrons. The van der Waals surface area contributed by atoms with Crippen LogP contribution in [0.3, 0.4) is 0 Å². The van der Waals surface area contributed by atoms with Gasteiger partial charge in [-0.1, -0.05) is 6.07 Å². The number of rotatable bonds is 7. The molecule has 28 heavy (non-hydrogen) atoms. The highest BCUT2D eigenvalue weighted by Crippen LogP contribution is 2.19. The maximum atomic E-state index is 12.7. The van der Waals surface area contributed by atoms with E-state index in [9.17, 15) is 9.59 Å². The average Bonchev–Trinajstić information content (AvgIpc) is 3.31. The van der Waals surface area contributed by atoms with Crippen molar-refractivity contribution in [3.63, 3.8) is 0 Å². The zero-order valence-electron chi connectivity index (χ0n) is 17.1. The molecule has 2 amide bonds. The molecule has 0 bridgehead atoms. The largest absolute Gasteiger partial charge is 0.350 e. The number of hydrogen-bond acceptors (Lipinski definition) is 2. The number of hydrogen-bond donors (Lipinski definition) is 2. The van der Waals surface area contributed by atoms with Gasteiger partial charge in [-0.2, -0.15) is 0 Å². The van der Waals surface area contributed by atoms with Crippen molar-refractivity contribution in [2.24, 2.45) is 7.05 Å². The molecule has 2 heterocycles. The zero-order valence-corrected chi connectivity index (χ0v) is 17.1. The van der Waals surface area contributed by atoms with Gasteiger partial charge >= 0.3 is 0 Å². The Hall–Kier alpha value is -2.60. The monoisotopic (exact) mass is 383 g/mol. The van der Waals surface area contributed by atoms with E-state index >= 15 is 0 Å². The second-order valence-electron chi connectivity index (χ2n) is 7.43. The summed E-state index contributed by atoms with van der Waals surface area (Å²) in [5, 5.41) is 2.98. The van der Waals surface area contributed by atoms with Crippen molar-refractivity contribution in [1.82, 2.24) is 9.47 Å². The SMILES string of the molecule is CCN(CC)C(=O)c1cccc(NC(=O)C[NH+]2CCC[C@@H]2c2cccn2C)c1. The lowest BCUT2D eigenvalue weighted by molar-refractivity contribution is -0.910. The summed E-state index contributed by atoms with van der Waals surface area (Å²) in [5.74, 6) is -0.0152. The van der Waals surface area contributed by atoms with Gasteiger partial charge in [0.15, 0.2) is 6.54 Å². The first kappa shape index (κ1) is 20.1. The van der Waals surface area contributed by atoms with Crippen LogP contribution in [-0.2, 0) is 11.8 Å². The van der Waals surface area contributed by atoms with E-state index in [1.54, 1.807) is 17.0 Å². The van der Waals surface area contributed by atoms with E-state index < -0.39 is 0 Å². The first-order valence-corrected chi connectivity index (χ1v) is 10.2. The van der Waals surface area contributed by atoms with Gasteiger partial charge in [-0.05, 0) is 44.2 Å². The molecule has 1 aliphatic heterocycles. The van der Waals surface area contributed by atoms with Gasteiger partial charge in [0.1, 0.15) is 6.04 Å². The molecule has 1 aromatic heterocycles. The smallest absolute Gasteiger partial charge is 0.279 e. The van der Waals surface area contributed by atoms with Crippen LogP contribution >= 0.6 is 0 Å². The van der Waals surface area contributed by atoms with Crippen LogP contribution in [0, 0.1) is 0 Å². The second-order valence-corrected chi connectivity index (χ2v) is 7.43. The van der Waals surface area contributed by atoms with E-state index in [-0.39, 0.29) is 11.8 Å². The fourth-order valence-electron chi connectivity index (χ4n) is 4.15. The number of nitrogens with zero attached hydrogens (tertiary/aromatic N) is 2. The van der Waals surface area contributed by atoms with Crippen molar-refractivity contribution in [3.8, 4) is 0 Å². The number of likely N-dealkylation sites (tertiary alicyclic amines) is 1. The van der Waals surface area contributed by atoms with E-state index in [1.807, 2.05) is 26.0 Å². The highest BCUT2D eigenvalue weighted by molar-refractivity contribution is 5.97. The molecule has 2 atom stereocenters. The van der Waals surface area contributed by atoms with E-state index in [4.69, 9.17) is 0 Å². The van der Waals surface area contributed by atoms with E-state index in [1.165, 1.54) is 10.6 Å². The summed E-state index contributed by atoms with van der Waals surface area (Å²) in [4.78, 5) is 28.3. The third-order valence-corrected chi connectivity index (χ3v) is 5.66. The standard InChI is InChI=1S/C22H30N4O2/c1-4-25(5-2)22(28)17-9-6-10-18(15-17)23-21(27)16-26-14-8-12-20(26)19-11-7-13-24(19)3/h6-7,9-11,13,15,20H,4-5,8,12,14,16H2,1-3H3,(H,23,27)/p+1/t20-/m1/s1. The van der Waals surface area contributed by atoms with Gasteiger partial charge in [0.05, 0.1) is 12.2 Å². The highest BCUT2D eigenvalue weighted by atomic mass is 16.2. The molecular formula is C22H31N4O2+. The minimum Gasteiger partial charge on any atom is -0.350 e. The molecule has 0 radical (unpaired) electrons. The van der Waals surface area contributed by atoms with Crippen LogP contribution in [0.5, 0.6) is 0 Å². The van der Waals surface area contributed by atoms with Crippen LogP contribution in [0.15, 0.2) is 42.6 Å². The van der Waals surface area contributed by atoms with Crippen LogP contribution in [0.1, 0.15) is 48.8 Å². The number of benzene rings is 1. The fraction of sp³-hybridized carbons (Fsp3) is 0.455. The van der Waals surface area contributed by atoms with Crippen LogP contribution in [-0.4, -0.2) is 47.5 Å². The second kappa shape index (κ2) is 9.06. The lowest BCUT2D eigenvalue weighted by Gasteiger charge is -2.22. The van der Waals surface area contributed by atoms with Gasteiger partial charge in [0.25, 0.3) is 11.8 Å². The topological polar surface area (TPSA) is 58.8 Å². The first-order chi connectivity index (χ1) is 13.5. The molecule has 1 saturated heterocycles. The Labute approximate surface area is 167 Å². The van der Waals surface area contributed by atoms with Crippen LogP contribution in [0.4, 0.5) is 5.69 Å². The normalized spacial score (nSPS) is 18.8. The fourth-order valence-corrected chi connectivity index (χ4v) is 4.15. The van der Waals surface area contributed by atoms with Gasteiger partial charge < -0.3 is 19.7 Å². The molecule has 1 unspecified atom stereocenters. The zero-order chi connectivity index (χ0) is 20.1. The Bertz CT molecular complexity index is 825. The molecule has 0 spiro atoms. The Kier molecular flexibility index (Phi) is 6.52. The van der Waals surface area contributed by atoms with Gasteiger partial charge in [-0.15, -0.1) is 0 Å². The Morgan fingerprint density at radius 2 is 2.00 bits per heavy atom. The Morgan fingerprint density at radius 3 is 2.68 bits per heavy atom. The molecule has 1 fully saturated rings. The number of carbonyl (C=O) groups excluding carboxylic acids is 2. The van der Waals surface area contributed by atoms with Crippen molar-refractivity contribution in [3.05, 3.63) is 53.9 Å². The first-order valence-electron chi connectivity index (χ1n) is 10.2. The van der Waals surface area contributed by atoms with Crippen LogP contribution in [0.25, 0.3) is 0 Å². The minimum absolute atomic E-state index is 0.00459. The third-order valence-electron chi connectivity index (χ3n) is 5.66. The Balaban J connectivity index is 1.64. The molecule has 6 heteroatoms. The highest BCUT2D eigenvalue weighted by Gasteiger charge is 2.33.